The van der Waals surface area contributed by atoms with Crippen molar-refractivity contribution in [2.45, 2.75) is 20.8 Å². The quantitative estimate of drug-likeness (QED) is 0.910. The Bertz CT molecular complexity index is 673. The summed E-state index contributed by atoms with van der Waals surface area (Å²) in [4.78, 5) is 27.7. The molecule has 1 aromatic carbocycles. The molecule has 0 fully saturated rings. The van der Waals surface area contributed by atoms with Crippen molar-refractivity contribution < 1.29 is 9.59 Å². The Morgan fingerprint density at radius 1 is 1.05 bits per heavy atom. The fourth-order valence-corrected chi connectivity index (χ4v) is 2.33. The molecule has 0 unspecified atom stereocenters. The molecule has 0 radical (unpaired) electrons. The maximum absolute atomic E-state index is 12.0. The van der Waals surface area contributed by atoms with Gasteiger partial charge < -0.3 is 10.6 Å². The van der Waals surface area contributed by atoms with Gasteiger partial charge in [-0.15, -0.1) is 0 Å². The fourth-order valence-electron chi connectivity index (χ4n) is 2.33. The molecule has 0 spiro atoms. The molecule has 0 atom stereocenters. The Labute approximate surface area is 129 Å². The van der Waals surface area contributed by atoms with Crippen LogP contribution in [0.25, 0.3) is 0 Å². The SMILES string of the molecule is Cc1cc(C)c(NC(=O)CNC(=O)c2ccncc2)c(C)c1. The van der Waals surface area contributed by atoms with Crippen molar-refractivity contribution in [1.82, 2.24) is 10.3 Å². The minimum absolute atomic E-state index is 0.0755. The van der Waals surface area contributed by atoms with Crippen molar-refractivity contribution in [3.05, 3.63) is 58.9 Å². The van der Waals surface area contributed by atoms with Crippen LogP contribution in [0.15, 0.2) is 36.7 Å². The van der Waals surface area contributed by atoms with Crippen molar-refractivity contribution in [2.24, 2.45) is 0 Å². The van der Waals surface area contributed by atoms with E-state index in [-0.39, 0.29) is 18.4 Å². The summed E-state index contributed by atoms with van der Waals surface area (Å²) in [5.41, 5.74) is 4.44. The Hall–Kier alpha value is -2.69. The minimum atomic E-state index is -0.296. The molecule has 2 N–H and O–H groups in total. The Morgan fingerprint density at radius 3 is 2.23 bits per heavy atom. The van der Waals surface area contributed by atoms with Crippen LogP contribution in [-0.4, -0.2) is 23.3 Å². The number of benzene rings is 1. The van der Waals surface area contributed by atoms with E-state index in [4.69, 9.17) is 0 Å². The number of aryl methyl sites for hydroxylation is 3. The summed E-state index contributed by atoms with van der Waals surface area (Å²) in [7, 11) is 0. The first-order valence-electron chi connectivity index (χ1n) is 7.03. The van der Waals surface area contributed by atoms with Crippen molar-refractivity contribution >= 4 is 17.5 Å². The third-order valence-corrected chi connectivity index (χ3v) is 3.29. The molecule has 0 bridgehead atoms. The van der Waals surface area contributed by atoms with Gasteiger partial charge in [-0.25, -0.2) is 0 Å². The van der Waals surface area contributed by atoms with Gasteiger partial charge in [0, 0.05) is 23.6 Å². The lowest BCUT2D eigenvalue weighted by atomic mass is 10.1. The molecule has 114 valence electrons. The molecule has 1 aromatic heterocycles. The molecule has 0 aliphatic carbocycles. The summed E-state index contributed by atoms with van der Waals surface area (Å²) in [6.07, 6.45) is 3.07. The fraction of sp³-hybridized carbons (Fsp3) is 0.235. The average molecular weight is 297 g/mol. The van der Waals surface area contributed by atoms with Gasteiger partial charge in [0.25, 0.3) is 5.91 Å². The molecule has 2 aromatic rings. The monoisotopic (exact) mass is 297 g/mol. The van der Waals surface area contributed by atoms with Crippen LogP contribution < -0.4 is 10.6 Å². The second-order valence-corrected chi connectivity index (χ2v) is 5.24. The Morgan fingerprint density at radius 2 is 1.64 bits per heavy atom. The van der Waals surface area contributed by atoms with E-state index in [0.29, 0.717) is 5.56 Å². The first-order chi connectivity index (χ1) is 10.5. The number of rotatable bonds is 4. The zero-order valence-corrected chi connectivity index (χ0v) is 12.9. The van der Waals surface area contributed by atoms with E-state index >= 15 is 0 Å². The highest BCUT2D eigenvalue weighted by Crippen LogP contribution is 2.21. The van der Waals surface area contributed by atoms with E-state index < -0.39 is 0 Å². The number of amides is 2. The first-order valence-corrected chi connectivity index (χ1v) is 7.03. The molecule has 0 aliphatic rings. The van der Waals surface area contributed by atoms with Crippen LogP contribution in [-0.2, 0) is 4.79 Å². The number of nitrogens with zero attached hydrogens (tertiary/aromatic N) is 1. The summed E-state index contributed by atoms with van der Waals surface area (Å²) in [6.45, 7) is 5.84. The van der Waals surface area contributed by atoms with Crippen LogP contribution in [0.5, 0.6) is 0 Å². The van der Waals surface area contributed by atoms with Crippen molar-refractivity contribution in [2.75, 3.05) is 11.9 Å². The van der Waals surface area contributed by atoms with Gasteiger partial charge in [-0.2, -0.15) is 0 Å². The minimum Gasteiger partial charge on any atom is -0.343 e. The maximum Gasteiger partial charge on any atom is 0.251 e. The van der Waals surface area contributed by atoms with E-state index in [9.17, 15) is 9.59 Å². The molecule has 22 heavy (non-hydrogen) atoms. The highest BCUT2D eigenvalue weighted by molar-refractivity contribution is 5.99. The van der Waals surface area contributed by atoms with Gasteiger partial charge in [0.15, 0.2) is 0 Å². The predicted molar refractivity (Wildman–Crippen MR) is 85.9 cm³/mol. The molecule has 2 amide bonds. The maximum atomic E-state index is 12.0. The van der Waals surface area contributed by atoms with Gasteiger partial charge in [-0.1, -0.05) is 17.7 Å². The zero-order chi connectivity index (χ0) is 16.1. The van der Waals surface area contributed by atoms with Crippen molar-refractivity contribution in [3.8, 4) is 0 Å². The van der Waals surface area contributed by atoms with Gasteiger partial charge >= 0.3 is 0 Å². The van der Waals surface area contributed by atoms with Crippen LogP contribution >= 0.6 is 0 Å². The molecule has 0 saturated carbocycles. The van der Waals surface area contributed by atoms with Crippen LogP contribution in [0.4, 0.5) is 5.69 Å². The molecular weight excluding hydrogens is 278 g/mol. The van der Waals surface area contributed by atoms with Crippen molar-refractivity contribution in [3.63, 3.8) is 0 Å². The number of carbonyl (C=O) groups excluding carboxylic acids is 2. The highest BCUT2D eigenvalue weighted by atomic mass is 16.2. The van der Waals surface area contributed by atoms with E-state index in [1.807, 2.05) is 32.9 Å². The highest BCUT2D eigenvalue weighted by Gasteiger charge is 2.10. The standard InChI is InChI=1S/C17H19N3O2/c1-11-8-12(2)16(13(3)9-11)20-15(21)10-19-17(22)14-4-6-18-7-5-14/h4-9H,10H2,1-3H3,(H,19,22)(H,20,21). The number of pyridine rings is 1. The Balaban J connectivity index is 1.95. The van der Waals surface area contributed by atoms with E-state index in [1.165, 1.54) is 12.4 Å². The topological polar surface area (TPSA) is 71.1 Å². The summed E-state index contributed by atoms with van der Waals surface area (Å²) in [5.74, 6) is -0.549. The molecule has 0 aliphatic heterocycles. The number of nitrogens with one attached hydrogen (secondary N) is 2. The van der Waals surface area contributed by atoms with E-state index in [1.54, 1.807) is 12.1 Å². The van der Waals surface area contributed by atoms with Crippen LogP contribution in [0.1, 0.15) is 27.0 Å². The molecule has 5 nitrogen and oxygen atoms in total. The summed E-state index contributed by atoms with van der Waals surface area (Å²) in [5, 5.41) is 5.44. The number of anilines is 1. The lowest BCUT2D eigenvalue weighted by Gasteiger charge is -2.13. The number of hydrogen-bond acceptors (Lipinski definition) is 3. The lowest BCUT2D eigenvalue weighted by Crippen LogP contribution is -2.33. The van der Waals surface area contributed by atoms with Gasteiger partial charge in [-0.3, -0.25) is 14.6 Å². The molecule has 2 rings (SSSR count). The molecular formula is C17H19N3O2. The number of hydrogen-bond donors (Lipinski definition) is 2. The van der Waals surface area contributed by atoms with E-state index in [0.717, 1.165) is 22.4 Å². The zero-order valence-electron chi connectivity index (χ0n) is 12.9. The lowest BCUT2D eigenvalue weighted by molar-refractivity contribution is -0.115. The third kappa shape index (κ3) is 3.91. The second kappa shape index (κ2) is 6.85. The summed E-state index contributed by atoms with van der Waals surface area (Å²) in [6, 6.07) is 7.22. The summed E-state index contributed by atoms with van der Waals surface area (Å²) >= 11 is 0. The average Bonchev–Trinajstić information content (AvgIpc) is 2.49. The molecule has 0 saturated heterocycles. The second-order valence-electron chi connectivity index (χ2n) is 5.24. The van der Waals surface area contributed by atoms with Gasteiger partial charge in [0.2, 0.25) is 5.91 Å². The summed E-state index contributed by atoms with van der Waals surface area (Å²) < 4.78 is 0. The molecule has 1 heterocycles. The number of carbonyl (C=O) groups is 2. The van der Waals surface area contributed by atoms with Gasteiger partial charge in [0.05, 0.1) is 6.54 Å². The van der Waals surface area contributed by atoms with Gasteiger partial charge in [-0.05, 0) is 44.0 Å². The van der Waals surface area contributed by atoms with E-state index in [2.05, 4.69) is 15.6 Å². The Kier molecular flexibility index (Phi) is 4.88. The number of aromatic nitrogens is 1. The van der Waals surface area contributed by atoms with Crippen molar-refractivity contribution in [1.29, 1.82) is 0 Å². The molecule has 5 heteroatoms. The van der Waals surface area contributed by atoms with Gasteiger partial charge in [0.1, 0.15) is 0 Å². The third-order valence-electron chi connectivity index (χ3n) is 3.29. The van der Waals surface area contributed by atoms with Crippen LogP contribution in [0.2, 0.25) is 0 Å². The predicted octanol–water partition coefficient (Wildman–Crippen LogP) is 2.38. The largest absolute Gasteiger partial charge is 0.343 e. The first kappa shape index (κ1) is 15.7. The van der Waals surface area contributed by atoms with Crippen LogP contribution in [0.3, 0.4) is 0 Å². The van der Waals surface area contributed by atoms with Crippen LogP contribution in [0, 0.1) is 20.8 Å². The normalized spacial score (nSPS) is 10.1. The smallest absolute Gasteiger partial charge is 0.251 e.